The maximum atomic E-state index is 11.7. The Labute approximate surface area is 79.7 Å². The third kappa shape index (κ3) is 2.17. The van der Waals surface area contributed by atoms with Crippen molar-refractivity contribution < 1.29 is 9.59 Å². The Hall–Kier alpha value is -0.660. The summed E-state index contributed by atoms with van der Waals surface area (Å²) in [6, 6.07) is 0. The van der Waals surface area contributed by atoms with E-state index in [1.807, 2.05) is 20.8 Å². The van der Waals surface area contributed by atoms with E-state index in [0.29, 0.717) is 0 Å². The predicted octanol–water partition coefficient (Wildman–Crippen LogP) is 2.22. The highest BCUT2D eigenvalue weighted by atomic mass is 16.2. The van der Waals surface area contributed by atoms with Gasteiger partial charge in [-0.05, 0) is 12.8 Å². The molecule has 2 atom stereocenters. The molecule has 0 heterocycles. The summed E-state index contributed by atoms with van der Waals surface area (Å²) in [5.74, 6) is 0.117. The highest BCUT2D eigenvalue weighted by Gasteiger charge is 2.33. The fourth-order valence-corrected chi connectivity index (χ4v) is 1.94. The lowest BCUT2D eigenvalue weighted by atomic mass is 9.77. The zero-order chi connectivity index (χ0) is 10.0. The number of hydrogen-bond acceptors (Lipinski definition) is 2. The Morgan fingerprint density at radius 2 is 2.00 bits per heavy atom. The van der Waals surface area contributed by atoms with Crippen LogP contribution in [-0.2, 0) is 9.59 Å². The van der Waals surface area contributed by atoms with E-state index in [9.17, 15) is 9.59 Å². The molecule has 13 heavy (non-hydrogen) atoms. The molecule has 0 bridgehead atoms. The molecule has 0 aromatic rings. The van der Waals surface area contributed by atoms with Gasteiger partial charge in [-0.25, -0.2) is 0 Å². The minimum absolute atomic E-state index is 0.000694. The number of rotatable bonds is 2. The first-order valence-electron chi connectivity index (χ1n) is 5.11. The van der Waals surface area contributed by atoms with Crippen LogP contribution in [0.3, 0.4) is 0 Å². The quantitative estimate of drug-likeness (QED) is 0.614. The molecule has 0 radical (unpaired) electrons. The van der Waals surface area contributed by atoms with Gasteiger partial charge < -0.3 is 0 Å². The summed E-state index contributed by atoms with van der Waals surface area (Å²) >= 11 is 0. The van der Waals surface area contributed by atoms with Crippen LogP contribution in [0.1, 0.15) is 40.0 Å². The average Bonchev–Trinajstić information content (AvgIpc) is 2.08. The van der Waals surface area contributed by atoms with Gasteiger partial charge in [-0.3, -0.25) is 9.59 Å². The lowest BCUT2D eigenvalue weighted by Gasteiger charge is -2.25. The third-order valence-corrected chi connectivity index (χ3v) is 2.87. The number of carbonyl (C=O) groups is 2. The van der Waals surface area contributed by atoms with E-state index in [-0.39, 0.29) is 29.3 Å². The van der Waals surface area contributed by atoms with Crippen molar-refractivity contribution >= 4 is 11.6 Å². The van der Waals surface area contributed by atoms with Gasteiger partial charge in [-0.1, -0.05) is 27.2 Å². The number of ketones is 2. The Morgan fingerprint density at radius 1 is 1.38 bits per heavy atom. The Kier molecular flexibility index (Phi) is 3.23. The molecular weight excluding hydrogens is 164 g/mol. The second kappa shape index (κ2) is 4.03. The van der Waals surface area contributed by atoms with E-state index in [2.05, 4.69) is 0 Å². The summed E-state index contributed by atoms with van der Waals surface area (Å²) < 4.78 is 0. The molecule has 74 valence electrons. The second-order valence-corrected chi connectivity index (χ2v) is 4.34. The smallest absolute Gasteiger partial charge is 0.146 e. The van der Waals surface area contributed by atoms with Crippen LogP contribution in [0.4, 0.5) is 0 Å². The van der Waals surface area contributed by atoms with Crippen molar-refractivity contribution in [3.05, 3.63) is 0 Å². The summed E-state index contributed by atoms with van der Waals surface area (Å²) in [4.78, 5) is 23.3. The molecule has 0 aromatic carbocycles. The third-order valence-electron chi connectivity index (χ3n) is 2.87. The van der Waals surface area contributed by atoms with Crippen LogP contribution >= 0.6 is 0 Å². The fourth-order valence-electron chi connectivity index (χ4n) is 1.94. The van der Waals surface area contributed by atoms with Crippen molar-refractivity contribution in [3.63, 3.8) is 0 Å². The fraction of sp³-hybridized carbons (Fsp3) is 0.818. The Bertz CT molecular complexity index is 210. The van der Waals surface area contributed by atoms with E-state index in [1.54, 1.807) is 0 Å². The van der Waals surface area contributed by atoms with E-state index >= 15 is 0 Å². The first-order chi connectivity index (χ1) is 6.04. The van der Waals surface area contributed by atoms with Crippen LogP contribution < -0.4 is 0 Å². The van der Waals surface area contributed by atoms with Crippen molar-refractivity contribution in [1.82, 2.24) is 0 Å². The summed E-state index contributed by atoms with van der Waals surface area (Å²) in [7, 11) is 0. The number of Topliss-reactive ketones (excluding diaryl/α,β-unsaturated/α-hetero) is 2. The van der Waals surface area contributed by atoms with Gasteiger partial charge in [0.25, 0.3) is 0 Å². The van der Waals surface area contributed by atoms with Gasteiger partial charge in [0.1, 0.15) is 11.6 Å². The molecule has 0 amide bonds. The minimum Gasteiger partial charge on any atom is -0.299 e. The zero-order valence-corrected chi connectivity index (χ0v) is 8.67. The maximum Gasteiger partial charge on any atom is 0.146 e. The average molecular weight is 182 g/mol. The second-order valence-electron chi connectivity index (χ2n) is 4.34. The predicted molar refractivity (Wildman–Crippen MR) is 51.4 cm³/mol. The molecule has 2 unspecified atom stereocenters. The van der Waals surface area contributed by atoms with Crippen molar-refractivity contribution in [1.29, 1.82) is 0 Å². The first-order valence-corrected chi connectivity index (χ1v) is 5.11. The highest BCUT2D eigenvalue weighted by Crippen LogP contribution is 2.27. The minimum atomic E-state index is -0.288. The van der Waals surface area contributed by atoms with Gasteiger partial charge in [0.05, 0.1) is 5.92 Å². The molecule has 0 aliphatic heterocycles. The summed E-state index contributed by atoms with van der Waals surface area (Å²) in [5, 5.41) is 0. The van der Waals surface area contributed by atoms with Crippen molar-refractivity contribution in [2.45, 2.75) is 40.0 Å². The normalized spacial score (nSPS) is 29.4. The van der Waals surface area contributed by atoms with E-state index < -0.39 is 0 Å². The summed E-state index contributed by atoms with van der Waals surface area (Å²) in [5.41, 5.74) is 0. The highest BCUT2D eigenvalue weighted by molar-refractivity contribution is 6.04. The van der Waals surface area contributed by atoms with Gasteiger partial charge in [0.15, 0.2) is 0 Å². The molecule has 0 spiro atoms. The molecule has 1 fully saturated rings. The van der Waals surface area contributed by atoms with Crippen molar-refractivity contribution in [2.75, 3.05) is 0 Å². The molecule has 1 aliphatic rings. The van der Waals surface area contributed by atoms with Gasteiger partial charge in [-0.2, -0.15) is 0 Å². The van der Waals surface area contributed by atoms with Crippen molar-refractivity contribution in [3.8, 4) is 0 Å². The van der Waals surface area contributed by atoms with Crippen LogP contribution in [0.15, 0.2) is 0 Å². The first kappa shape index (κ1) is 10.4. The van der Waals surface area contributed by atoms with Gasteiger partial charge >= 0.3 is 0 Å². The van der Waals surface area contributed by atoms with Crippen LogP contribution in [0.25, 0.3) is 0 Å². The molecule has 1 rings (SSSR count). The maximum absolute atomic E-state index is 11.7. The summed E-state index contributed by atoms with van der Waals surface area (Å²) in [6.45, 7) is 5.67. The van der Waals surface area contributed by atoms with Crippen molar-refractivity contribution in [2.24, 2.45) is 17.8 Å². The Balaban J connectivity index is 2.68. The Morgan fingerprint density at radius 3 is 2.54 bits per heavy atom. The lowest BCUT2D eigenvalue weighted by Crippen LogP contribution is -2.34. The largest absolute Gasteiger partial charge is 0.299 e. The van der Waals surface area contributed by atoms with E-state index in [0.717, 1.165) is 19.3 Å². The lowest BCUT2D eigenvalue weighted by molar-refractivity contribution is -0.138. The molecular formula is C11H18O2. The van der Waals surface area contributed by atoms with E-state index in [4.69, 9.17) is 0 Å². The molecule has 1 saturated carbocycles. The van der Waals surface area contributed by atoms with E-state index in [1.165, 1.54) is 0 Å². The zero-order valence-electron chi connectivity index (χ0n) is 8.67. The molecule has 0 aromatic heterocycles. The monoisotopic (exact) mass is 182 g/mol. The molecule has 0 saturated heterocycles. The standard InChI is InChI=1S/C11H18O2/c1-7(2)10(12)9-6-4-5-8(3)11(9)13/h7-9H,4-6H2,1-3H3. The van der Waals surface area contributed by atoms with Gasteiger partial charge in [-0.15, -0.1) is 0 Å². The van der Waals surface area contributed by atoms with Crippen LogP contribution in [-0.4, -0.2) is 11.6 Å². The van der Waals surface area contributed by atoms with Crippen LogP contribution in [0, 0.1) is 17.8 Å². The van der Waals surface area contributed by atoms with Crippen LogP contribution in [0.5, 0.6) is 0 Å². The number of carbonyl (C=O) groups excluding carboxylic acids is 2. The van der Waals surface area contributed by atoms with Gasteiger partial charge in [0.2, 0.25) is 0 Å². The SMILES string of the molecule is CC(C)C(=O)C1CCCC(C)C1=O. The molecule has 2 heteroatoms. The van der Waals surface area contributed by atoms with Crippen LogP contribution in [0.2, 0.25) is 0 Å². The molecule has 1 aliphatic carbocycles. The summed E-state index contributed by atoms with van der Waals surface area (Å²) in [6.07, 6.45) is 2.76. The topological polar surface area (TPSA) is 34.1 Å². The van der Waals surface area contributed by atoms with Gasteiger partial charge in [0, 0.05) is 11.8 Å². The molecule has 2 nitrogen and oxygen atoms in total. The molecule has 0 N–H and O–H groups in total. The number of hydrogen-bond donors (Lipinski definition) is 0.